The number of nitrogens with zero attached hydrogens (tertiary/aromatic N) is 3. The Morgan fingerprint density at radius 3 is 2.53 bits per heavy atom. The number of benzene rings is 1. The fourth-order valence-electron chi connectivity index (χ4n) is 4.66. The van der Waals surface area contributed by atoms with Gasteiger partial charge in [0.05, 0.1) is 34.4 Å². The van der Waals surface area contributed by atoms with Crippen molar-refractivity contribution in [1.29, 1.82) is 0 Å². The van der Waals surface area contributed by atoms with Gasteiger partial charge in [0.15, 0.2) is 5.69 Å². The van der Waals surface area contributed by atoms with E-state index in [1.807, 2.05) is 6.07 Å². The number of carbonyl (C=O) groups excluding carboxylic acids is 3. The lowest BCUT2D eigenvalue weighted by molar-refractivity contribution is -0.134. The minimum Gasteiger partial charge on any atom is -0.497 e. The zero-order valence-electron chi connectivity index (χ0n) is 19.9. The third-order valence-electron chi connectivity index (χ3n) is 6.69. The molecule has 1 N–H and O–H groups in total. The number of esters is 1. The average Bonchev–Trinajstić information content (AvgIpc) is 3.51. The van der Waals surface area contributed by atoms with E-state index in [9.17, 15) is 14.4 Å². The molecular formula is C24H30N4O6. The summed E-state index contributed by atoms with van der Waals surface area (Å²) in [5.74, 6) is -0.139. The molecule has 2 aromatic rings. The largest absolute Gasteiger partial charge is 0.497 e. The smallest absolute Gasteiger partial charge is 0.358 e. The summed E-state index contributed by atoms with van der Waals surface area (Å²) in [5.41, 5.74) is -0.276. The predicted octanol–water partition coefficient (Wildman–Crippen LogP) is 2.16. The molecule has 10 nitrogen and oxygen atoms in total. The van der Waals surface area contributed by atoms with Crippen molar-refractivity contribution in [1.82, 2.24) is 20.0 Å². The molecule has 0 unspecified atom stereocenters. The molecule has 0 spiro atoms. The molecule has 10 heteroatoms. The number of carbonyl (C=O) groups is 3. The van der Waals surface area contributed by atoms with Gasteiger partial charge in [0.25, 0.3) is 5.91 Å². The van der Waals surface area contributed by atoms with Crippen molar-refractivity contribution >= 4 is 17.8 Å². The topological polar surface area (TPSA) is 112 Å². The number of hydrogen-bond donors (Lipinski definition) is 1. The molecule has 1 saturated carbocycles. The van der Waals surface area contributed by atoms with Crippen LogP contribution < -0.4 is 14.8 Å². The van der Waals surface area contributed by atoms with Gasteiger partial charge in [0.2, 0.25) is 5.91 Å². The highest BCUT2D eigenvalue weighted by Crippen LogP contribution is 2.33. The van der Waals surface area contributed by atoms with Gasteiger partial charge in [0.1, 0.15) is 22.7 Å². The van der Waals surface area contributed by atoms with E-state index in [-0.39, 0.29) is 36.4 Å². The molecule has 0 bridgehead atoms. The van der Waals surface area contributed by atoms with Gasteiger partial charge in [-0.25, -0.2) is 4.79 Å². The van der Waals surface area contributed by atoms with Gasteiger partial charge in [-0.2, -0.15) is 5.10 Å². The Morgan fingerprint density at radius 1 is 1.15 bits per heavy atom. The van der Waals surface area contributed by atoms with Gasteiger partial charge >= 0.3 is 5.97 Å². The van der Waals surface area contributed by atoms with Crippen LogP contribution in [0.5, 0.6) is 11.5 Å². The Hall–Kier alpha value is -3.56. The monoisotopic (exact) mass is 470 g/mol. The fraction of sp³-hybridized carbons (Fsp3) is 0.500. The molecule has 182 valence electrons. The van der Waals surface area contributed by atoms with Crippen LogP contribution in [-0.4, -0.2) is 65.4 Å². The summed E-state index contributed by atoms with van der Waals surface area (Å²) in [6, 6.07) is 6.81. The summed E-state index contributed by atoms with van der Waals surface area (Å²) in [7, 11) is 4.36. The minimum absolute atomic E-state index is 0.0216. The number of hydrogen-bond acceptors (Lipinski definition) is 7. The highest BCUT2D eigenvalue weighted by molar-refractivity contribution is 6.01. The predicted molar refractivity (Wildman–Crippen MR) is 122 cm³/mol. The van der Waals surface area contributed by atoms with Crippen LogP contribution in [0.4, 0.5) is 0 Å². The summed E-state index contributed by atoms with van der Waals surface area (Å²) in [5, 5.41) is 7.38. The Bertz CT molecular complexity index is 1110. The molecule has 1 fully saturated rings. The maximum atomic E-state index is 13.7. The van der Waals surface area contributed by atoms with Crippen LogP contribution >= 0.6 is 0 Å². The highest BCUT2D eigenvalue weighted by Gasteiger charge is 2.49. The number of nitrogens with one attached hydrogen (secondary N) is 1. The third-order valence-corrected chi connectivity index (χ3v) is 6.69. The lowest BCUT2D eigenvalue weighted by atomic mass is 9.93. The normalized spacial score (nSPS) is 20.1. The van der Waals surface area contributed by atoms with Crippen molar-refractivity contribution in [2.75, 3.05) is 21.3 Å². The first-order valence-electron chi connectivity index (χ1n) is 11.3. The van der Waals surface area contributed by atoms with Gasteiger partial charge in [-0.3, -0.25) is 14.3 Å². The minimum atomic E-state index is -1.24. The summed E-state index contributed by atoms with van der Waals surface area (Å²) in [6.45, 7) is 1.95. The van der Waals surface area contributed by atoms with Crippen molar-refractivity contribution in [2.24, 2.45) is 0 Å². The van der Waals surface area contributed by atoms with Crippen molar-refractivity contribution in [3.63, 3.8) is 0 Å². The molecule has 1 aromatic heterocycles. The van der Waals surface area contributed by atoms with E-state index in [0.717, 1.165) is 31.2 Å². The molecule has 4 rings (SSSR count). The number of aromatic nitrogens is 2. The number of ether oxygens (including phenoxy) is 3. The maximum Gasteiger partial charge on any atom is 0.358 e. The first-order chi connectivity index (χ1) is 16.3. The number of rotatable bonds is 7. The molecule has 2 amide bonds. The number of amides is 2. The molecule has 1 aliphatic heterocycles. The summed E-state index contributed by atoms with van der Waals surface area (Å²) in [4.78, 5) is 40.9. The van der Waals surface area contributed by atoms with E-state index in [4.69, 9.17) is 14.2 Å². The van der Waals surface area contributed by atoms with Gasteiger partial charge in [-0.1, -0.05) is 12.8 Å². The van der Waals surface area contributed by atoms with E-state index in [1.165, 1.54) is 22.8 Å². The summed E-state index contributed by atoms with van der Waals surface area (Å²) < 4.78 is 17.0. The molecule has 2 heterocycles. The first-order valence-corrected chi connectivity index (χ1v) is 11.3. The van der Waals surface area contributed by atoms with E-state index >= 15 is 0 Å². The molecule has 2 aliphatic rings. The second kappa shape index (κ2) is 9.36. The third kappa shape index (κ3) is 4.20. The second-order valence-corrected chi connectivity index (χ2v) is 8.86. The SMILES string of the molecule is COC(=O)c1cc2n(n1)C[C@@](C)(C(=O)NC1CCCC1)N(Cc1ccc(OC)cc1OC)C2=O. The maximum absolute atomic E-state index is 13.7. The second-order valence-electron chi connectivity index (χ2n) is 8.86. The fourth-order valence-corrected chi connectivity index (χ4v) is 4.66. The zero-order chi connectivity index (χ0) is 24.5. The van der Waals surface area contributed by atoms with Crippen LogP contribution in [0.3, 0.4) is 0 Å². The van der Waals surface area contributed by atoms with Crippen LogP contribution in [0.1, 0.15) is 59.1 Å². The molecule has 1 aromatic carbocycles. The molecular weight excluding hydrogens is 440 g/mol. The highest BCUT2D eigenvalue weighted by atomic mass is 16.5. The quantitative estimate of drug-likeness (QED) is 0.617. The van der Waals surface area contributed by atoms with Gasteiger partial charge in [0, 0.05) is 23.7 Å². The summed E-state index contributed by atoms with van der Waals surface area (Å²) in [6.07, 6.45) is 3.97. The van der Waals surface area contributed by atoms with E-state index in [1.54, 1.807) is 33.3 Å². The Balaban J connectivity index is 1.73. The van der Waals surface area contributed by atoms with Crippen LogP contribution in [-0.2, 0) is 22.6 Å². The number of fused-ring (bicyclic) bond motifs is 1. The zero-order valence-corrected chi connectivity index (χ0v) is 19.9. The molecule has 0 radical (unpaired) electrons. The van der Waals surface area contributed by atoms with Crippen LogP contribution in [0, 0.1) is 0 Å². The van der Waals surface area contributed by atoms with Crippen molar-refractivity contribution in [3.05, 3.63) is 41.2 Å². The van der Waals surface area contributed by atoms with E-state index < -0.39 is 17.4 Å². The molecule has 1 aliphatic carbocycles. The van der Waals surface area contributed by atoms with Crippen molar-refractivity contribution < 1.29 is 28.6 Å². The van der Waals surface area contributed by atoms with Crippen molar-refractivity contribution in [3.8, 4) is 11.5 Å². The molecule has 0 saturated heterocycles. The Morgan fingerprint density at radius 2 is 1.88 bits per heavy atom. The van der Waals surface area contributed by atoms with Crippen molar-refractivity contribution in [2.45, 2.75) is 57.3 Å². The van der Waals surface area contributed by atoms with Gasteiger partial charge in [-0.15, -0.1) is 0 Å². The molecule has 34 heavy (non-hydrogen) atoms. The number of methoxy groups -OCH3 is 3. The Labute approximate surface area is 198 Å². The standard InChI is InChI=1S/C24H30N4O6/c1-24(23(31)25-16-7-5-6-8-16)14-28-19(12-18(26-28)22(30)34-4)21(29)27(24)13-15-9-10-17(32-2)11-20(15)33-3/h9-12,16H,5-8,13-14H2,1-4H3,(H,25,31)/t24-/m0/s1. The lowest BCUT2D eigenvalue weighted by Crippen LogP contribution is -2.64. The van der Waals surface area contributed by atoms with Crippen LogP contribution in [0.15, 0.2) is 24.3 Å². The molecule has 1 atom stereocenters. The average molecular weight is 471 g/mol. The van der Waals surface area contributed by atoms with Crippen LogP contribution in [0.25, 0.3) is 0 Å². The van der Waals surface area contributed by atoms with E-state index in [2.05, 4.69) is 10.4 Å². The first kappa shape index (κ1) is 23.6. The summed E-state index contributed by atoms with van der Waals surface area (Å²) >= 11 is 0. The van der Waals surface area contributed by atoms with E-state index in [0.29, 0.717) is 11.5 Å². The van der Waals surface area contributed by atoms with Gasteiger partial charge in [-0.05, 0) is 31.9 Å². The lowest BCUT2D eigenvalue weighted by Gasteiger charge is -2.43. The Kier molecular flexibility index (Phi) is 6.49. The van der Waals surface area contributed by atoms with Crippen LogP contribution in [0.2, 0.25) is 0 Å². The van der Waals surface area contributed by atoms with Gasteiger partial charge < -0.3 is 24.4 Å².